The topological polar surface area (TPSA) is 84.3 Å². The SMILES string of the molecule is CCCc1nnsc1C(=O)N=C1C=CC2C(=C1)NC(=O)C1=C2CCC1. The number of rotatable bonds is 3. The number of carbonyl (C=O) groups is 2. The van der Waals surface area contributed by atoms with Gasteiger partial charge in [-0.05, 0) is 54.9 Å². The number of hydrogen-bond donors (Lipinski definition) is 1. The van der Waals surface area contributed by atoms with E-state index < -0.39 is 0 Å². The van der Waals surface area contributed by atoms with Gasteiger partial charge in [0.2, 0.25) is 0 Å². The Hall–Kier alpha value is -2.41. The summed E-state index contributed by atoms with van der Waals surface area (Å²) in [5, 5.41) is 6.97. The largest absolute Gasteiger partial charge is 0.325 e. The predicted octanol–water partition coefficient (Wildman–Crippen LogP) is 2.75. The molecule has 1 aromatic heterocycles. The van der Waals surface area contributed by atoms with Gasteiger partial charge >= 0.3 is 0 Å². The Balaban J connectivity index is 1.60. The fourth-order valence-electron chi connectivity index (χ4n) is 3.60. The summed E-state index contributed by atoms with van der Waals surface area (Å²) in [6.07, 6.45) is 10.2. The van der Waals surface area contributed by atoms with E-state index in [-0.39, 0.29) is 17.7 Å². The molecule has 2 aliphatic carbocycles. The maximum absolute atomic E-state index is 12.5. The number of amides is 2. The number of allylic oxidation sites excluding steroid dienone is 3. The van der Waals surface area contributed by atoms with Gasteiger partial charge in [0.05, 0.1) is 11.4 Å². The van der Waals surface area contributed by atoms with Gasteiger partial charge in [0, 0.05) is 17.2 Å². The summed E-state index contributed by atoms with van der Waals surface area (Å²) in [7, 11) is 0. The number of fused-ring (bicyclic) bond motifs is 2. The van der Waals surface area contributed by atoms with E-state index in [1.807, 2.05) is 19.1 Å². The number of nitrogens with one attached hydrogen (secondary N) is 1. The standard InChI is InChI=1S/C18H18N4O2S/c1-2-4-14-16(25-22-21-14)18(24)19-10-7-8-12-11-5-3-6-13(11)17(23)20-15(12)9-10/h7-9,12H,2-6H2,1H3,(H,20,23). The van der Waals surface area contributed by atoms with E-state index in [1.165, 1.54) is 5.57 Å². The highest BCUT2D eigenvalue weighted by Gasteiger charge is 2.34. The van der Waals surface area contributed by atoms with E-state index in [9.17, 15) is 9.59 Å². The van der Waals surface area contributed by atoms with Crippen LogP contribution in [0, 0.1) is 5.92 Å². The monoisotopic (exact) mass is 354 g/mol. The second-order valence-corrected chi connectivity index (χ2v) is 7.14. The van der Waals surface area contributed by atoms with Crippen molar-refractivity contribution in [3.63, 3.8) is 0 Å². The third-order valence-electron chi connectivity index (χ3n) is 4.73. The van der Waals surface area contributed by atoms with E-state index in [1.54, 1.807) is 6.08 Å². The number of nitrogens with zero attached hydrogens (tertiary/aromatic N) is 3. The van der Waals surface area contributed by atoms with Crippen molar-refractivity contribution in [3.8, 4) is 0 Å². The Bertz CT molecular complexity index is 875. The molecule has 1 aromatic rings. The van der Waals surface area contributed by atoms with Gasteiger partial charge in [-0.2, -0.15) is 0 Å². The van der Waals surface area contributed by atoms with Crippen molar-refractivity contribution in [1.82, 2.24) is 14.9 Å². The number of aryl methyl sites for hydroxylation is 1. The normalized spacial score (nSPS) is 23.4. The van der Waals surface area contributed by atoms with Crippen LogP contribution in [0.15, 0.2) is 40.1 Å². The highest BCUT2D eigenvalue weighted by atomic mass is 32.1. The van der Waals surface area contributed by atoms with Crippen LogP contribution in [0.3, 0.4) is 0 Å². The van der Waals surface area contributed by atoms with Gasteiger partial charge in [-0.1, -0.05) is 23.9 Å². The summed E-state index contributed by atoms with van der Waals surface area (Å²) in [5.74, 6) is -0.214. The molecule has 6 nitrogen and oxygen atoms in total. The molecule has 128 valence electrons. The first-order valence-corrected chi connectivity index (χ1v) is 9.32. The molecule has 0 saturated carbocycles. The Morgan fingerprint density at radius 1 is 1.44 bits per heavy atom. The lowest BCUT2D eigenvalue weighted by Crippen LogP contribution is -2.35. The molecular weight excluding hydrogens is 336 g/mol. The van der Waals surface area contributed by atoms with Crippen LogP contribution in [0.25, 0.3) is 0 Å². The molecule has 2 heterocycles. The molecule has 0 radical (unpaired) electrons. The maximum atomic E-state index is 12.5. The predicted molar refractivity (Wildman–Crippen MR) is 95.4 cm³/mol. The van der Waals surface area contributed by atoms with Crippen molar-refractivity contribution >= 4 is 29.1 Å². The Kier molecular flexibility index (Phi) is 4.17. The molecule has 0 bridgehead atoms. The first-order chi connectivity index (χ1) is 12.2. The highest BCUT2D eigenvalue weighted by Crippen LogP contribution is 2.39. The zero-order valence-corrected chi connectivity index (χ0v) is 14.7. The Labute approximate surface area is 149 Å². The minimum absolute atomic E-state index is 0.00661. The van der Waals surface area contributed by atoms with Crippen LogP contribution in [0.2, 0.25) is 0 Å². The number of hydrogen-bond acceptors (Lipinski definition) is 5. The average molecular weight is 354 g/mol. The molecule has 1 atom stereocenters. The number of aliphatic imine (C=N–C) groups is 1. The van der Waals surface area contributed by atoms with Crippen molar-refractivity contribution in [2.24, 2.45) is 10.9 Å². The minimum Gasteiger partial charge on any atom is -0.325 e. The van der Waals surface area contributed by atoms with E-state index >= 15 is 0 Å². The maximum Gasteiger partial charge on any atom is 0.291 e. The van der Waals surface area contributed by atoms with E-state index in [0.717, 1.165) is 48.5 Å². The van der Waals surface area contributed by atoms with Crippen LogP contribution in [0.1, 0.15) is 48.0 Å². The zero-order valence-electron chi connectivity index (χ0n) is 13.9. The summed E-state index contributed by atoms with van der Waals surface area (Å²) < 4.78 is 3.87. The molecule has 4 rings (SSSR count). The third-order valence-corrected chi connectivity index (χ3v) is 5.49. The molecule has 3 aliphatic rings. The van der Waals surface area contributed by atoms with E-state index in [0.29, 0.717) is 22.7 Å². The molecule has 2 amide bonds. The molecule has 0 fully saturated rings. The highest BCUT2D eigenvalue weighted by molar-refractivity contribution is 7.08. The number of aromatic nitrogens is 2. The van der Waals surface area contributed by atoms with Crippen LogP contribution >= 0.6 is 11.5 Å². The summed E-state index contributed by atoms with van der Waals surface area (Å²) >= 11 is 1.08. The molecule has 7 heteroatoms. The lowest BCUT2D eigenvalue weighted by Gasteiger charge is -2.28. The smallest absolute Gasteiger partial charge is 0.291 e. The summed E-state index contributed by atoms with van der Waals surface area (Å²) in [5.41, 5.74) is 4.22. The zero-order chi connectivity index (χ0) is 17.4. The van der Waals surface area contributed by atoms with Crippen molar-refractivity contribution in [2.75, 3.05) is 0 Å². The van der Waals surface area contributed by atoms with Gasteiger partial charge in [0.1, 0.15) is 4.88 Å². The van der Waals surface area contributed by atoms with Gasteiger partial charge in [-0.25, -0.2) is 4.99 Å². The van der Waals surface area contributed by atoms with Crippen LogP contribution in [0.4, 0.5) is 0 Å². The van der Waals surface area contributed by atoms with Gasteiger partial charge in [0.25, 0.3) is 11.8 Å². The van der Waals surface area contributed by atoms with Gasteiger partial charge in [0.15, 0.2) is 0 Å². The van der Waals surface area contributed by atoms with Crippen LogP contribution in [-0.2, 0) is 11.2 Å². The third kappa shape index (κ3) is 2.89. The van der Waals surface area contributed by atoms with Crippen LogP contribution in [-0.4, -0.2) is 27.1 Å². The van der Waals surface area contributed by atoms with Gasteiger partial charge in [-0.3, -0.25) is 9.59 Å². The molecule has 1 unspecified atom stereocenters. The molecule has 1 N–H and O–H groups in total. The molecular formula is C18H18N4O2S. The molecule has 0 aromatic carbocycles. The van der Waals surface area contributed by atoms with Gasteiger partial charge in [-0.15, -0.1) is 5.10 Å². The summed E-state index contributed by atoms with van der Waals surface area (Å²) in [6, 6.07) is 0. The van der Waals surface area contributed by atoms with Crippen LogP contribution < -0.4 is 5.32 Å². The summed E-state index contributed by atoms with van der Waals surface area (Å²) in [6.45, 7) is 2.03. The molecule has 0 spiro atoms. The lowest BCUT2D eigenvalue weighted by atomic mass is 9.85. The molecule has 0 saturated heterocycles. The van der Waals surface area contributed by atoms with E-state index in [2.05, 4.69) is 19.9 Å². The quantitative estimate of drug-likeness (QED) is 0.904. The van der Waals surface area contributed by atoms with Crippen molar-refractivity contribution < 1.29 is 9.59 Å². The fourth-order valence-corrected chi connectivity index (χ4v) is 4.19. The first kappa shape index (κ1) is 16.1. The first-order valence-electron chi connectivity index (χ1n) is 8.54. The minimum atomic E-state index is -0.323. The van der Waals surface area contributed by atoms with Crippen molar-refractivity contribution in [1.29, 1.82) is 0 Å². The number of carbonyl (C=O) groups excluding carboxylic acids is 2. The molecule has 25 heavy (non-hydrogen) atoms. The fraction of sp³-hybridized carbons (Fsp3) is 0.389. The Morgan fingerprint density at radius 2 is 2.32 bits per heavy atom. The molecule has 1 aliphatic heterocycles. The Morgan fingerprint density at radius 3 is 3.16 bits per heavy atom. The van der Waals surface area contributed by atoms with Crippen molar-refractivity contribution in [3.05, 3.63) is 45.6 Å². The lowest BCUT2D eigenvalue weighted by molar-refractivity contribution is -0.117. The van der Waals surface area contributed by atoms with E-state index in [4.69, 9.17) is 0 Å². The van der Waals surface area contributed by atoms with Gasteiger partial charge < -0.3 is 5.32 Å². The second-order valence-electron chi connectivity index (χ2n) is 6.39. The second kappa shape index (κ2) is 6.48. The average Bonchev–Trinajstić information content (AvgIpc) is 3.24. The van der Waals surface area contributed by atoms with Crippen molar-refractivity contribution in [2.45, 2.75) is 39.0 Å². The summed E-state index contributed by atoms with van der Waals surface area (Å²) in [4.78, 5) is 29.4. The van der Waals surface area contributed by atoms with Crippen LogP contribution in [0.5, 0.6) is 0 Å².